The molecular weight excluding hydrogens is 335 g/mol. The molecule has 0 saturated carbocycles. The number of alkyl halides is 3. The van der Waals surface area contributed by atoms with Gasteiger partial charge in [-0.05, 0) is 30.0 Å². The van der Waals surface area contributed by atoms with Gasteiger partial charge in [-0.15, -0.1) is 5.10 Å². The first-order valence-electron chi connectivity index (χ1n) is 6.05. The van der Waals surface area contributed by atoms with Gasteiger partial charge in [0.2, 0.25) is 5.16 Å². The van der Waals surface area contributed by atoms with Gasteiger partial charge in [0, 0.05) is 18.5 Å². The summed E-state index contributed by atoms with van der Waals surface area (Å²) in [6.07, 6.45) is -1.57. The van der Waals surface area contributed by atoms with E-state index < -0.39 is 22.4 Å². The number of fused-ring (bicyclic) bond motifs is 1. The lowest BCUT2D eigenvalue weighted by molar-refractivity contribution is -0.388. The van der Waals surface area contributed by atoms with Gasteiger partial charge in [-0.3, -0.25) is 10.1 Å². The summed E-state index contributed by atoms with van der Waals surface area (Å²) in [5.74, 6) is 0.282. The van der Waals surface area contributed by atoms with E-state index in [9.17, 15) is 23.3 Å². The van der Waals surface area contributed by atoms with E-state index in [0.29, 0.717) is 6.07 Å². The third-order valence-corrected chi connectivity index (χ3v) is 3.70. The van der Waals surface area contributed by atoms with Crippen LogP contribution in [-0.4, -0.2) is 24.5 Å². The molecule has 0 amide bonds. The summed E-state index contributed by atoms with van der Waals surface area (Å²) in [6.45, 7) is 0. The Bertz CT molecular complexity index is 863. The number of halogens is 3. The fraction of sp³-hybridized carbons (Fsp3) is 0.0833. The van der Waals surface area contributed by atoms with E-state index in [-0.39, 0.29) is 15.8 Å². The van der Waals surface area contributed by atoms with Crippen LogP contribution in [0.2, 0.25) is 0 Å². The van der Waals surface area contributed by atoms with Crippen molar-refractivity contribution in [1.82, 2.24) is 19.6 Å². The number of nitro groups is 1. The highest BCUT2D eigenvalue weighted by molar-refractivity contribution is 7.99. The monoisotopic (exact) mass is 341 g/mol. The van der Waals surface area contributed by atoms with E-state index >= 15 is 0 Å². The van der Waals surface area contributed by atoms with Crippen LogP contribution in [0.4, 0.5) is 18.9 Å². The molecule has 23 heavy (non-hydrogen) atoms. The van der Waals surface area contributed by atoms with Crippen molar-refractivity contribution >= 4 is 23.2 Å². The zero-order valence-corrected chi connectivity index (χ0v) is 11.9. The van der Waals surface area contributed by atoms with Crippen LogP contribution >= 0.6 is 11.8 Å². The third kappa shape index (κ3) is 3.08. The first-order chi connectivity index (χ1) is 10.8. The lowest BCUT2D eigenvalue weighted by Gasteiger charge is -2.07. The molecule has 0 N–H and O–H groups in total. The molecule has 2 aromatic heterocycles. The molecule has 118 valence electrons. The molecule has 0 saturated heterocycles. The second-order valence-electron chi connectivity index (χ2n) is 4.30. The Labute approximate surface area is 130 Å². The summed E-state index contributed by atoms with van der Waals surface area (Å²) < 4.78 is 39.4. The van der Waals surface area contributed by atoms with Crippen molar-refractivity contribution in [2.24, 2.45) is 0 Å². The molecular formula is C12H6F3N5O2S. The van der Waals surface area contributed by atoms with Crippen molar-refractivity contribution in [1.29, 1.82) is 0 Å². The Morgan fingerprint density at radius 3 is 2.74 bits per heavy atom. The average molecular weight is 341 g/mol. The van der Waals surface area contributed by atoms with Gasteiger partial charge in [0.05, 0.1) is 15.4 Å². The zero-order chi connectivity index (χ0) is 16.6. The highest BCUT2D eigenvalue weighted by Gasteiger charge is 2.33. The van der Waals surface area contributed by atoms with Gasteiger partial charge in [0.1, 0.15) is 0 Å². The van der Waals surface area contributed by atoms with E-state index in [2.05, 4.69) is 15.1 Å². The fourth-order valence-electron chi connectivity index (χ4n) is 1.78. The number of aromatic nitrogens is 4. The summed E-state index contributed by atoms with van der Waals surface area (Å²) in [5.41, 5.74) is -1.74. The molecule has 0 radical (unpaired) electrons. The van der Waals surface area contributed by atoms with Gasteiger partial charge in [-0.2, -0.15) is 18.2 Å². The van der Waals surface area contributed by atoms with E-state index in [1.807, 2.05) is 0 Å². The third-order valence-electron chi connectivity index (χ3n) is 2.78. The van der Waals surface area contributed by atoms with Crippen molar-refractivity contribution in [3.05, 3.63) is 52.3 Å². The average Bonchev–Trinajstić information content (AvgIpc) is 2.88. The molecule has 0 aliphatic rings. The van der Waals surface area contributed by atoms with Gasteiger partial charge >= 0.3 is 6.18 Å². The number of hydrogen-bond acceptors (Lipinski definition) is 6. The standard InChI is InChI=1S/C12H6F3N5O2S/c13-12(14,15)7-2-3-9(8(6-7)20(21)22)23-11-17-10-16-4-1-5-19(10)18-11/h1-6H. The molecule has 0 spiro atoms. The number of benzene rings is 1. The smallest absolute Gasteiger partial charge is 0.258 e. The topological polar surface area (TPSA) is 86.2 Å². The summed E-state index contributed by atoms with van der Waals surface area (Å²) in [7, 11) is 0. The second kappa shape index (κ2) is 5.50. The quantitative estimate of drug-likeness (QED) is 0.537. The fourth-order valence-corrected chi connectivity index (χ4v) is 2.60. The molecule has 0 bridgehead atoms. The predicted molar refractivity (Wildman–Crippen MR) is 73.0 cm³/mol. The van der Waals surface area contributed by atoms with Gasteiger partial charge in [0.15, 0.2) is 0 Å². The van der Waals surface area contributed by atoms with Crippen LogP contribution in [0.1, 0.15) is 5.56 Å². The Morgan fingerprint density at radius 1 is 1.30 bits per heavy atom. The highest BCUT2D eigenvalue weighted by Crippen LogP contribution is 2.38. The first-order valence-corrected chi connectivity index (χ1v) is 6.87. The van der Waals surface area contributed by atoms with Crippen LogP contribution in [0, 0.1) is 10.1 Å². The van der Waals surface area contributed by atoms with Gasteiger partial charge in [0.25, 0.3) is 11.5 Å². The predicted octanol–water partition coefficient (Wildman–Crippen LogP) is 3.20. The van der Waals surface area contributed by atoms with E-state index in [0.717, 1.165) is 23.9 Å². The molecule has 0 aliphatic heterocycles. The summed E-state index contributed by atoms with van der Waals surface area (Å²) in [6, 6.07) is 3.93. The van der Waals surface area contributed by atoms with Crippen molar-refractivity contribution in [2.75, 3.05) is 0 Å². The largest absolute Gasteiger partial charge is 0.416 e. The maximum absolute atomic E-state index is 12.7. The molecule has 7 nitrogen and oxygen atoms in total. The Hall–Kier alpha value is -2.69. The van der Waals surface area contributed by atoms with Crippen LogP contribution in [0.15, 0.2) is 46.7 Å². The molecule has 0 unspecified atom stereocenters. The highest BCUT2D eigenvalue weighted by atomic mass is 32.2. The lowest BCUT2D eigenvalue weighted by atomic mass is 10.2. The molecule has 0 atom stereocenters. The molecule has 0 aliphatic carbocycles. The molecule has 3 aromatic rings. The van der Waals surface area contributed by atoms with Crippen molar-refractivity contribution in [3.8, 4) is 0 Å². The Morgan fingerprint density at radius 2 is 2.09 bits per heavy atom. The minimum absolute atomic E-state index is 0.0129. The van der Waals surface area contributed by atoms with Crippen LogP contribution in [0.3, 0.4) is 0 Å². The molecule has 3 rings (SSSR count). The van der Waals surface area contributed by atoms with Crippen LogP contribution in [-0.2, 0) is 6.18 Å². The van der Waals surface area contributed by atoms with Crippen molar-refractivity contribution in [2.45, 2.75) is 16.2 Å². The van der Waals surface area contributed by atoms with Crippen LogP contribution < -0.4 is 0 Å². The maximum Gasteiger partial charge on any atom is 0.416 e. The van der Waals surface area contributed by atoms with Crippen LogP contribution in [0.5, 0.6) is 0 Å². The summed E-state index contributed by atoms with van der Waals surface area (Å²) in [5, 5.41) is 15.2. The maximum atomic E-state index is 12.7. The minimum Gasteiger partial charge on any atom is -0.258 e. The Balaban J connectivity index is 2.00. The van der Waals surface area contributed by atoms with E-state index in [4.69, 9.17) is 0 Å². The SMILES string of the molecule is O=[N+]([O-])c1cc(C(F)(F)F)ccc1Sc1nc2ncccn2n1. The van der Waals surface area contributed by atoms with Gasteiger partial charge in [-0.1, -0.05) is 0 Å². The van der Waals surface area contributed by atoms with E-state index in [1.165, 1.54) is 10.7 Å². The van der Waals surface area contributed by atoms with Gasteiger partial charge in [-0.25, -0.2) is 9.50 Å². The molecule has 0 fully saturated rings. The number of rotatable bonds is 3. The number of hydrogen-bond donors (Lipinski definition) is 0. The molecule has 2 heterocycles. The normalized spacial score (nSPS) is 11.8. The lowest BCUT2D eigenvalue weighted by Crippen LogP contribution is -2.05. The number of nitrogens with zero attached hydrogens (tertiary/aromatic N) is 5. The summed E-state index contributed by atoms with van der Waals surface area (Å²) in [4.78, 5) is 18.2. The second-order valence-corrected chi connectivity index (χ2v) is 5.31. The van der Waals surface area contributed by atoms with Gasteiger partial charge < -0.3 is 0 Å². The van der Waals surface area contributed by atoms with Crippen molar-refractivity contribution < 1.29 is 18.1 Å². The zero-order valence-electron chi connectivity index (χ0n) is 11.1. The summed E-state index contributed by atoms with van der Waals surface area (Å²) >= 11 is 0.796. The van der Waals surface area contributed by atoms with Crippen LogP contribution in [0.25, 0.3) is 5.78 Å². The van der Waals surface area contributed by atoms with Crippen molar-refractivity contribution in [3.63, 3.8) is 0 Å². The first kappa shape index (κ1) is 15.2. The Kier molecular flexibility index (Phi) is 3.64. The molecule has 11 heteroatoms. The van der Waals surface area contributed by atoms with E-state index in [1.54, 1.807) is 12.3 Å². The number of nitro benzene ring substituents is 1. The minimum atomic E-state index is -4.65. The molecule has 1 aromatic carbocycles.